The van der Waals surface area contributed by atoms with E-state index < -0.39 is 11.6 Å². The number of aryl methyl sites for hydroxylation is 2. The van der Waals surface area contributed by atoms with Crippen molar-refractivity contribution in [2.24, 2.45) is 0 Å². The van der Waals surface area contributed by atoms with Crippen molar-refractivity contribution in [1.82, 2.24) is 0 Å². The van der Waals surface area contributed by atoms with Crippen molar-refractivity contribution in [3.63, 3.8) is 0 Å². The minimum atomic E-state index is -0.781. The first-order chi connectivity index (χ1) is 10.6. The number of halogens is 2. The molecule has 0 unspecified atom stereocenters. The van der Waals surface area contributed by atoms with Crippen LogP contribution in [0.2, 0.25) is 0 Å². The number of rotatable bonds is 8. The van der Waals surface area contributed by atoms with Gasteiger partial charge in [-0.15, -0.1) is 0 Å². The predicted octanol–water partition coefficient (Wildman–Crippen LogP) is 5.46. The largest absolute Gasteiger partial charge is 0.494 e. The average molecular weight is 304 g/mol. The van der Waals surface area contributed by atoms with Gasteiger partial charge in [0.25, 0.3) is 0 Å². The molecule has 0 aliphatic heterocycles. The van der Waals surface area contributed by atoms with Crippen LogP contribution < -0.4 is 4.74 Å². The van der Waals surface area contributed by atoms with Crippen LogP contribution in [0.1, 0.15) is 36.8 Å². The second kappa shape index (κ2) is 8.52. The van der Waals surface area contributed by atoms with Crippen molar-refractivity contribution in [3.8, 4) is 5.75 Å². The predicted molar refractivity (Wildman–Crippen MR) is 85.2 cm³/mol. The Morgan fingerprint density at radius 1 is 0.818 bits per heavy atom. The van der Waals surface area contributed by atoms with Crippen LogP contribution in [0.4, 0.5) is 8.78 Å². The molecule has 0 atom stereocenters. The smallest absolute Gasteiger partial charge is 0.159 e. The highest BCUT2D eigenvalue weighted by atomic mass is 19.2. The Hall–Kier alpha value is -1.90. The summed E-state index contributed by atoms with van der Waals surface area (Å²) >= 11 is 0. The molecule has 0 fully saturated rings. The summed E-state index contributed by atoms with van der Waals surface area (Å²) in [5, 5.41) is 0. The summed E-state index contributed by atoms with van der Waals surface area (Å²) in [4.78, 5) is 0. The minimum absolute atomic E-state index is 0.717. The van der Waals surface area contributed by atoms with Crippen LogP contribution in [-0.4, -0.2) is 6.61 Å². The lowest BCUT2D eigenvalue weighted by molar-refractivity contribution is 0.304. The lowest BCUT2D eigenvalue weighted by Gasteiger charge is -2.06. The quantitative estimate of drug-likeness (QED) is 0.589. The molecule has 1 nitrogen and oxygen atoms in total. The number of hydrogen-bond acceptors (Lipinski definition) is 1. The van der Waals surface area contributed by atoms with E-state index >= 15 is 0 Å². The average Bonchev–Trinajstić information content (AvgIpc) is 2.51. The molecule has 0 heterocycles. The number of benzene rings is 2. The van der Waals surface area contributed by atoms with Gasteiger partial charge in [-0.05, 0) is 56.0 Å². The molecule has 2 aromatic carbocycles. The molecule has 0 aliphatic carbocycles. The fourth-order valence-corrected chi connectivity index (χ4v) is 2.30. The van der Waals surface area contributed by atoms with E-state index in [-0.39, 0.29) is 0 Å². The molecular weight excluding hydrogens is 282 g/mol. The summed E-state index contributed by atoms with van der Waals surface area (Å²) in [6, 6.07) is 12.2. The SMILES string of the molecule is Cc1ccc(OCCCCCCc2ccc(F)c(F)c2)cc1. The third-order valence-electron chi connectivity index (χ3n) is 3.63. The van der Waals surface area contributed by atoms with Crippen LogP contribution in [-0.2, 0) is 6.42 Å². The topological polar surface area (TPSA) is 9.23 Å². The molecule has 0 bridgehead atoms. The molecule has 0 N–H and O–H groups in total. The summed E-state index contributed by atoms with van der Waals surface area (Å²) in [7, 11) is 0. The molecule has 2 rings (SSSR count). The highest BCUT2D eigenvalue weighted by molar-refractivity contribution is 5.26. The van der Waals surface area contributed by atoms with E-state index in [0.29, 0.717) is 6.61 Å². The van der Waals surface area contributed by atoms with Crippen molar-refractivity contribution in [2.45, 2.75) is 39.0 Å². The molecule has 0 saturated heterocycles. The van der Waals surface area contributed by atoms with E-state index in [1.807, 2.05) is 24.3 Å². The van der Waals surface area contributed by atoms with Gasteiger partial charge in [-0.1, -0.05) is 36.6 Å². The lowest BCUT2D eigenvalue weighted by atomic mass is 10.1. The molecule has 0 aliphatic rings. The van der Waals surface area contributed by atoms with Gasteiger partial charge in [-0.2, -0.15) is 0 Å². The monoisotopic (exact) mass is 304 g/mol. The van der Waals surface area contributed by atoms with Crippen LogP contribution in [0.5, 0.6) is 5.75 Å². The summed E-state index contributed by atoms with van der Waals surface area (Å²) in [6.07, 6.45) is 4.92. The van der Waals surface area contributed by atoms with Crippen molar-refractivity contribution >= 4 is 0 Å². The Bertz CT molecular complexity index is 578. The van der Waals surface area contributed by atoms with Gasteiger partial charge < -0.3 is 4.74 Å². The van der Waals surface area contributed by atoms with E-state index in [4.69, 9.17) is 4.74 Å². The van der Waals surface area contributed by atoms with E-state index in [1.54, 1.807) is 6.07 Å². The highest BCUT2D eigenvalue weighted by Gasteiger charge is 2.02. The Labute approximate surface area is 130 Å². The van der Waals surface area contributed by atoms with Gasteiger partial charge in [0, 0.05) is 0 Å². The summed E-state index contributed by atoms with van der Waals surface area (Å²) in [5.74, 6) is -0.631. The van der Waals surface area contributed by atoms with Gasteiger partial charge in [0.05, 0.1) is 6.61 Å². The Kier molecular flexibility index (Phi) is 6.38. The van der Waals surface area contributed by atoms with Crippen LogP contribution in [0, 0.1) is 18.6 Å². The van der Waals surface area contributed by atoms with Gasteiger partial charge in [-0.25, -0.2) is 8.78 Å². The molecule has 3 heteroatoms. The zero-order chi connectivity index (χ0) is 15.8. The van der Waals surface area contributed by atoms with E-state index in [0.717, 1.165) is 43.4 Å². The maximum absolute atomic E-state index is 13.0. The second-order valence-electron chi connectivity index (χ2n) is 5.57. The highest BCUT2D eigenvalue weighted by Crippen LogP contribution is 2.14. The molecule has 0 saturated carbocycles. The summed E-state index contributed by atoms with van der Waals surface area (Å²) < 4.78 is 31.5. The third-order valence-corrected chi connectivity index (χ3v) is 3.63. The normalized spacial score (nSPS) is 10.7. The molecule has 0 radical (unpaired) electrons. The third kappa shape index (κ3) is 5.47. The van der Waals surface area contributed by atoms with Crippen LogP contribution in [0.25, 0.3) is 0 Å². The summed E-state index contributed by atoms with van der Waals surface area (Å²) in [6.45, 7) is 2.77. The Balaban J connectivity index is 1.55. The first-order valence-electron chi connectivity index (χ1n) is 7.78. The molecule has 0 amide bonds. The van der Waals surface area contributed by atoms with Gasteiger partial charge in [0.15, 0.2) is 11.6 Å². The van der Waals surface area contributed by atoms with Crippen molar-refractivity contribution in [3.05, 3.63) is 65.2 Å². The van der Waals surface area contributed by atoms with Gasteiger partial charge in [-0.3, -0.25) is 0 Å². The number of unbranched alkanes of at least 4 members (excludes halogenated alkanes) is 3. The van der Waals surface area contributed by atoms with E-state index in [9.17, 15) is 8.78 Å². The van der Waals surface area contributed by atoms with Crippen LogP contribution in [0.3, 0.4) is 0 Å². The molecular formula is C19H22F2O. The first-order valence-corrected chi connectivity index (χ1v) is 7.78. The molecule has 2 aromatic rings. The molecule has 0 aromatic heterocycles. The molecule has 118 valence electrons. The maximum Gasteiger partial charge on any atom is 0.159 e. The van der Waals surface area contributed by atoms with Crippen LogP contribution in [0.15, 0.2) is 42.5 Å². The Morgan fingerprint density at radius 2 is 1.55 bits per heavy atom. The van der Waals surface area contributed by atoms with Gasteiger partial charge in [0.1, 0.15) is 5.75 Å². The number of hydrogen-bond donors (Lipinski definition) is 0. The lowest BCUT2D eigenvalue weighted by Crippen LogP contribution is -1.97. The van der Waals surface area contributed by atoms with Crippen LogP contribution >= 0.6 is 0 Å². The standard InChI is InChI=1S/C19H22F2O/c1-15-7-10-17(11-8-15)22-13-5-3-2-4-6-16-9-12-18(20)19(21)14-16/h7-12,14H,2-6,13H2,1H3. The minimum Gasteiger partial charge on any atom is -0.494 e. The van der Waals surface area contributed by atoms with Crippen molar-refractivity contribution < 1.29 is 13.5 Å². The van der Waals surface area contributed by atoms with E-state index in [2.05, 4.69) is 6.92 Å². The zero-order valence-electron chi connectivity index (χ0n) is 12.9. The van der Waals surface area contributed by atoms with E-state index in [1.165, 1.54) is 17.7 Å². The maximum atomic E-state index is 13.0. The van der Waals surface area contributed by atoms with Crippen molar-refractivity contribution in [2.75, 3.05) is 6.61 Å². The summed E-state index contributed by atoms with van der Waals surface area (Å²) in [5.41, 5.74) is 2.08. The first kappa shape index (κ1) is 16.5. The van der Waals surface area contributed by atoms with Gasteiger partial charge in [0.2, 0.25) is 0 Å². The van der Waals surface area contributed by atoms with Gasteiger partial charge >= 0.3 is 0 Å². The number of ether oxygens (including phenoxy) is 1. The molecule has 22 heavy (non-hydrogen) atoms. The Morgan fingerprint density at radius 3 is 2.27 bits per heavy atom. The fourth-order valence-electron chi connectivity index (χ4n) is 2.30. The second-order valence-corrected chi connectivity index (χ2v) is 5.57. The van der Waals surface area contributed by atoms with Crippen molar-refractivity contribution in [1.29, 1.82) is 0 Å². The fraction of sp³-hybridized carbons (Fsp3) is 0.368. The zero-order valence-corrected chi connectivity index (χ0v) is 12.9. The molecule has 0 spiro atoms.